The van der Waals surface area contributed by atoms with Crippen LogP contribution < -0.4 is 9.80 Å². The van der Waals surface area contributed by atoms with Crippen LogP contribution in [0.5, 0.6) is 0 Å². The van der Waals surface area contributed by atoms with E-state index in [2.05, 4.69) is 278 Å². The summed E-state index contributed by atoms with van der Waals surface area (Å²) in [6.45, 7) is 20.5. The summed E-state index contributed by atoms with van der Waals surface area (Å²) >= 11 is 9.89. The predicted octanol–water partition coefficient (Wildman–Crippen LogP) is 21.2. The van der Waals surface area contributed by atoms with E-state index >= 15 is 0 Å². The summed E-state index contributed by atoms with van der Waals surface area (Å²) < 4.78 is 1.24. The van der Waals surface area contributed by atoms with Crippen molar-refractivity contribution in [2.75, 3.05) is 9.80 Å². The van der Waals surface area contributed by atoms with Crippen molar-refractivity contribution in [3.8, 4) is 22.3 Å². The van der Waals surface area contributed by atoms with Crippen LogP contribution in [0.2, 0.25) is 5.02 Å². The first kappa shape index (κ1) is 47.2. The van der Waals surface area contributed by atoms with Crippen LogP contribution in [0.3, 0.4) is 0 Å². The van der Waals surface area contributed by atoms with Gasteiger partial charge in [0.25, 0.3) is 0 Å². The molecule has 0 atom stereocenters. The van der Waals surface area contributed by atoms with Crippen LogP contribution in [0.25, 0.3) is 64.7 Å². The van der Waals surface area contributed by atoms with Crippen LogP contribution >= 0.6 is 22.9 Å². The van der Waals surface area contributed by atoms with Crippen molar-refractivity contribution in [2.45, 2.75) is 78.6 Å². The molecule has 0 aliphatic heterocycles. The highest BCUT2D eigenvalue weighted by Gasteiger charge is 2.28. The van der Waals surface area contributed by atoms with Crippen molar-refractivity contribution in [3.05, 3.63) is 227 Å². The molecular weight excluding hydrogens is 912 g/mol. The van der Waals surface area contributed by atoms with Gasteiger partial charge in [-0.1, -0.05) is 207 Å². The number of para-hydroxylation sites is 1. The van der Waals surface area contributed by atoms with E-state index in [0.717, 1.165) is 50.8 Å². The SMILES string of the molecule is CC(C)(C)c1ccc(-c2ccc(N(c3ccc(C(C)(C)C)cc3-c3ccc4c5ccccc5c5ccccc5c4c3)c3cccc(N(c4ccccc4)c4csc5ccc(C(C)(C)C)cc45)c3Cl)cc2)cc1. The van der Waals surface area contributed by atoms with E-state index in [-0.39, 0.29) is 16.2 Å². The summed E-state index contributed by atoms with van der Waals surface area (Å²) in [7, 11) is 0. The highest BCUT2D eigenvalue weighted by molar-refractivity contribution is 7.17. The fourth-order valence-corrected chi connectivity index (χ4v) is 11.6. The van der Waals surface area contributed by atoms with Crippen LogP contribution in [0, 0.1) is 0 Å². The summed E-state index contributed by atoms with van der Waals surface area (Å²) in [6, 6.07) is 73.9. The van der Waals surface area contributed by atoms with Crippen LogP contribution in [0.4, 0.5) is 34.1 Å². The number of thiophene rings is 1. The van der Waals surface area contributed by atoms with E-state index in [1.807, 2.05) is 0 Å². The molecule has 0 unspecified atom stereocenters. The van der Waals surface area contributed by atoms with Gasteiger partial charge in [-0.3, -0.25) is 0 Å². The van der Waals surface area contributed by atoms with Gasteiger partial charge in [-0.15, -0.1) is 11.3 Å². The normalized spacial score (nSPS) is 12.3. The third kappa shape index (κ3) is 8.63. The van der Waals surface area contributed by atoms with E-state index in [1.54, 1.807) is 11.3 Å². The maximum atomic E-state index is 8.12. The minimum atomic E-state index is -0.105. The van der Waals surface area contributed by atoms with E-state index < -0.39 is 0 Å². The van der Waals surface area contributed by atoms with E-state index in [1.165, 1.54) is 64.7 Å². The summed E-state index contributed by atoms with van der Waals surface area (Å²) in [5.74, 6) is 0. The largest absolute Gasteiger partial charge is 0.308 e. The van der Waals surface area contributed by atoms with Gasteiger partial charge in [0, 0.05) is 32.4 Å². The van der Waals surface area contributed by atoms with Crippen molar-refractivity contribution >= 4 is 99.5 Å². The average Bonchev–Trinajstić information content (AvgIpc) is 3.80. The van der Waals surface area contributed by atoms with Crippen molar-refractivity contribution in [2.24, 2.45) is 0 Å². The second-order valence-corrected chi connectivity index (χ2v) is 23.7. The second kappa shape index (κ2) is 18.1. The molecule has 4 heteroatoms. The molecule has 1 aromatic heterocycles. The topological polar surface area (TPSA) is 6.48 Å². The lowest BCUT2D eigenvalue weighted by Gasteiger charge is -2.33. The molecule has 11 rings (SSSR count). The fraction of sp³-hybridized carbons (Fsp3) is 0.176. The van der Waals surface area contributed by atoms with Crippen LogP contribution in [0.1, 0.15) is 79.0 Å². The lowest BCUT2D eigenvalue weighted by molar-refractivity contribution is 0.590. The van der Waals surface area contributed by atoms with E-state index in [9.17, 15) is 0 Å². The molecule has 72 heavy (non-hydrogen) atoms. The number of benzene rings is 10. The molecule has 0 amide bonds. The lowest BCUT2D eigenvalue weighted by Crippen LogP contribution is -2.16. The molecule has 0 saturated carbocycles. The quantitative estimate of drug-likeness (QED) is 0.140. The zero-order valence-electron chi connectivity index (χ0n) is 42.8. The van der Waals surface area contributed by atoms with Gasteiger partial charge in [-0.05, 0) is 149 Å². The molecule has 356 valence electrons. The maximum absolute atomic E-state index is 8.12. The smallest absolute Gasteiger partial charge is 0.0887 e. The first-order valence-electron chi connectivity index (χ1n) is 25.2. The number of nitrogens with zero attached hydrogens (tertiary/aromatic N) is 2. The Hall–Kier alpha value is -7.17. The first-order valence-corrected chi connectivity index (χ1v) is 26.4. The van der Waals surface area contributed by atoms with E-state index in [4.69, 9.17) is 11.6 Å². The van der Waals surface area contributed by atoms with Gasteiger partial charge in [0.15, 0.2) is 0 Å². The van der Waals surface area contributed by atoms with Gasteiger partial charge in [0.2, 0.25) is 0 Å². The van der Waals surface area contributed by atoms with Gasteiger partial charge in [0.05, 0.1) is 27.8 Å². The zero-order chi connectivity index (χ0) is 50.1. The molecule has 2 nitrogen and oxygen atoms in total. The van der Waals surface area contributed by atoms with E-state index in [0.29, 0.717) is 5.02 Å². The summed E-state index contributed by atoms with van der Waals surface area (Å²) in [5.41, 5.74) is 14.4. The molecule has 0 aliphatic rings. The Morgan fingerprint density at radius 1 is 0.333 bits per heavy atom. The summed E-state index contributed by atoms with van der Waals surface area (Å²) in [5, 5.41) is 11.7. The Bertz CT molecular complexity index is 3770. The third-order valence-electron chi connectivity index (χ3n) is 14.5. The molecule has 0 N–H and O–H groups in total. The fourth-order valence-electron chi connectivity index (χ4n) is 10.4. The lowest BCUT2D eigenvalue weighted by atomic mass is 9.84. The highest BCUT2D eigenvalue weighted by atomic mass is 35.5. The minimum Gasteiger partial charge on any atom is -0.308 e. The van der Waals surface area contributed by atoms with Gasteiger partial charge in [-0.2, -0.15) is 0 Å². The van der Waals surface area contributed by atoms with Crippen LogP contribution in [-0.4, -0.2) is 0 Å². The molecular formula is C68H61ClN2S. The Morgan fingerprint density at radius 2 is 0.792 bits per heavy atom. The van der Waals surface area contributed by atoms with Gasteiger partial charge in [-0.25, -0.2) is 0 Å². The molecule has 0 saturated heterocycles. The number of hydrogen-bond donors (Lipinski definition) is 0. The van der Waals surface area contributed by atoms with Gasteiger partial charge >= 0.3 is 0 Å². The van der Waals surface area contributed by atoms with Crippen LogP contribution in [0.15, 0.2) is 206 Å². The van der Waals surface area contributed by atoms with Crippen molar-refractivity contribution in [1.82, 2.24) is 0 Å². The highest BCUT2D eigenvalue weighted by Crippen LogP contribution is 2.52. The van der Waals surface area contributed by atoms with Gasteiger partial charge < -0.3 is 9.80 Å². The van der Waals surface area contributed by atoms with Gasteiger partial charge in [0.1, 0.15) is 0 Å². The molecule has 11 aromatic rings. The summed E-state index contributed by atoms with van der Waals surface area (Å²) in [4.78, 5) is 4.73. The second-order valence-electron chi connectivity index (χ2n) is 22.4. The van der Waals surface area contributed by atoms with Crippen molar-refractivity contribution in [1.29, 1.82) is 0 Å². The Kier molecular flexibility index (Phi) is 11.9. The third-order valence-corrected chi connectivity index (χ3v) is 15.8. The number of fused-ring (bicyclic) bond motifs is 7. The number of hydrogen-bond acceptors (Lipinski definition) is 3. The van der Waals surface area contributed by atoms with Crippen molar-refractivity contribution in [3.63, 3.8) is 0 Å². The standard InChI is InChI=1S/C68H61ClN2S/c1-66(2,3)47-31-26-44(27-32-47)45-28-35-51(36-29-45)70(61-24-17-25-62(65(61)69)71(50-18-11-10-12-19-50)63-43-72-64-39-34-49(42-59(63)64)68(7,8)9)60-38-33-48(67(4,5)6)41-57(60)46-30-37-56-54-22-14-13-20-52(54)53-21-15-16-23-55(53)58(56)40-46/h10-43H,1-9H3. The molecule has 0 aliphatic carbocycles. The molecule has 0 spiro atoms. The summed E-state index contributed by atoms with van der Waals surface area (Å²) in [6.07, 6.45) is 0. The molecule has 0 bridgehead atoms. The Balaban J connectivity index is 1.15. The molecule has 0 radical (unpaired) electrons. The average molecular weight is 974 g/mol. The predicted molar refractivity (Wildman–Crippen MR) is 316 cm³/mol. The maximum Gasteiger partial charge on any atom is 0.0887 e. The number of rotatable bonds is 8. The molecule has 1 heterocycles. The Morgan fingerprint density at radius 3 is 1.38 bits per heavy atom. The Labute approximate surface area is 434 Å². The molecule has 10 aromatic carbocycles. The molecule has 0 fully saturated rings. The van der Waals surface area contributed by atoms with Crippen molar-refractivity contribution < 1.29 is 0 Å². The minimum absolute atomic E-state index is 0.0133. The number of anilines is 6. The monoisotopic (exact) mass is 972 g/mol. The first-order chi connectivity index (χ1) is 34.5. The van der Waals surface area contributed by atoms with Crippen LogP contribution in [-0.2, 0) is 16.2 Å². The number of halogens is 1. The zero-order valence-corrected chi connectivity index (χ0v) is 44.4.